The fraction of sp³-hybridized carbons (Fsp3) is 0.667. The molecule has 10 atom stereocenters. The maximum atomic E-state index is 10.1. The van der Waals surface area contributed by atoms with E-state index in [0.29, 0.717) is 11.4 Å². The van der Waals surface area contributed by atoms with Gasteiger partial charge in [-0.05, 0) is 18.2 Å². The molecule has 10 N–H and O–H groups in total. The van der Waals surface area contributed by atoms with Gasteiger partial charge < -0.3 is 61.0 Å². The van der Waals surface area contributed by atoms with E-state index in [2.05, 4.69) is 10.6 Å². The van der Waals surface area contributed by atoms with Crippen LogP contribution in [0.4, 0.5) is 11.4 Å². The van der Waals surface area contributed by atoms with Crippen LogP contribution in [0.25, 0.3) is 0 Å². The van der Waals surface area contributed by atoms with Gasteiger partial charge in [-0.25, -0.2) is 0 Å². The lowest BCUT2D eigenvalue weighted by atomic mass is 10.1. The van der Waals surface area contributed by atoms with Crippen LogP contribution in [0.2, 0.25) is 0 Å². The highest BCUT2D eigenvalue weighted by atomic mass is 16.6. The van der Waals surface area contributed by atoms with Gasteiger partial charge in [0.05, 0.1) is 13.2 Å². The molecule has 12 heteroatoms. The molecule has 30 heavy (non-hydrogen) atoms. The molecule has 2 fully saturated rings. The molecular weight excluding hydrogens is 404 g/mol. The highest BCUT2D eigenvalue weighted by molar-refractivity contribution is 5.57. The summed E-state index contributed by atoms with van der Waals surface area (Å²) in [5.41, 5.74) is 0.908. The molecule has 2 aliphatic heterocycles. The third-order valence-electron chi connectivity index (χ3n) is 5.21. The van der Waals surface area contributed by atoms with Crippen molar-refractivity contribution in [2.75, 3.05) is 23.8 Å². The highest BCUT2D eigenvalue weighted by Gasteiger charge is 2.47. The molecule has 2 heterocycles. The molecule has 0 saturated carbocycles. The van der Waals surface area contributed by atoms with E-state index in [9.17, 15) is 30.6 Å². The van der Waals surface area contributed by atoms with Crippen molar-refractivity contribution < 1.29 is 50.3 Å². The quantitative estimate of drug-likeness (QED) is 0.191. The Bertz CT molecular complexity index is 643. The Balaban J connectivity index is 1.64. The summed E-state index contributed by atoms with van der Waals surface area (Å²) in [4.78, 5) is 0. The van der Waals surface area contributed by atoms with Gasteiger partial charge in [-0.1, -0.05) is 6.07 Å². The molecule has 170 valence electrons. The van der Waals surface area contributed by atoms with Crippen LogP contribution in [0.3, 0.4) is 0 Å². The van der Waals surface area contributed by atoms with Gasteiger partial charge in [-0.2, -0.15) is 0 Å². The maximum absolute atomic E-state index is 10.1. The number of hydrogen-bond acceptors (Lipinski definition) is 12. The van der Waals surface area contributed by atoms with Crippen molar-refractivity contribution in [1.82, 2.24) is 0 Å². The molecule has 0 aromatic heterocycles. The van der Waals surface area contributed by atoms with E-state index in [4.69, 9.17) is 19.7 Å². The standard InChI is InChI=1S/C18H28N2O10/c21-5-9(23)15-11(25)13(27)17(29-15)19-7-2-1-3-8(4-7)20-18-14(28)12(26)16(30-18)10(24)6-22/h1-4,9-28H,5-6H2/t9-,10-,11+,12+,13-,14-,15+,16+,17+,18+/m1/s1. The number of aliphatic hydroxyl groups is 8. The van der Waals surface area contributed by atoms with E-state index in [0.717, 1.165) is 0 Å². The number of nitrogens with one attached hydrogen (secondary N) is 2. The van der Waals surface area contributed by atoms with Gasteiger partial charge >= 0.3 is 0 Å². The third-order valence-corrected chi connectivity index (χ3v) is 5.21. The minimum atomic E-state index is -1.40. The monoisotopic (exact) mass is 432 g/mol. The number of ether oxygens (including phenoxy) is 2. The van der Waals surface area contributed by atoms with E-state index in [-0.39, 0.29) is 0 Å². The lowest BCUT2D eigenvalue weighted by molar-refractivity contribution is -0.0774. The fourth-order valence-electron chi connectivity index (χ4n) is 3.52. The molecule has 0 bridgehead atoms. The van der Waals surface area contributed by atoms with Gasteiger partial charge in [0.1, 0.15) is 48.8 Å². The smallest absolute Gasteiger partial charge is 0.157 e. The van der Waals surface area contributed by atoms with Crippen LogP contribution in [0.5, 0.6) is 0 Å². The van der Waals surface area contributed by atoms with Crippen molar-refractivity contribution in [3.8, 4) is 0 Å². The molecule has 0 amide bonds. The minimum absolute atomic E-state index is 0.454. The van der Waals surface area contributed by atoms with Gasteiger partial charge in [-0.15, -0.1) is 0 Å². The predicted molar refractivity (Wildman–Crippen MR) is 101 cm³/mol. The second-order valence-electron chi connectivity index (χ2n) is 7.37. The number of hydrogen-bond donors (Lipinski definition) is 10. The summed E-state index contributed by atoms with van der Waals surface area (Å²) in [5.74, 6) is 0. The lowest BCUT2D eigenvalue weighted by Crippen LogP contribution is -2.40. The van der Waals surface area contributed by atoms with Crippen LogP contribution < -0.4 is 10.6 Å². The Labute approximate surface area is 171 Å². The summed E-state index contributed by atoms with van der Waals surface area (Å²) in [7, 11) is 0. The Kier molecular flexibility index (Phi) is 7.47. The largest absolute Gasteiger partial charge is 0.394 e. The summed E-state index contributed by atoms with van der Waals surface area (Å²) in [6, 6.07) is 6.50. The molecular formula is C18H28N2O10. The SMILES string of the molecule is OC[C@@H](O)[C@@H]1O[C@H](Nc2cccc(N[C@H]3O[C@@H]([C@H](O)CO)[C@@H](O)[C@H]3O)c2)[C@H](O)[C@@H]1O. The molecule has 2 saturated heterocycles. The zero-order valence-electron chi connectivity index (χ0n) is 15.9. The van der Waals surface area contributed by atoms with E-state index in [1.54, 1.807) is 24.3 Å². The molecule has 12 nitrogen and oxygen atoms in total. The predicted octanol–water partition coefficient (Wildman–Crippen LogP) is -3.89. The van der Waals surface area contributed by atoms with Gasteiger partial charge in [-0.3, -0.25) is 0 Å². The van der Waals surface area contributed by atoms with Gasteiger partial charge in [0.2, 0.25) is 0 Å². The first-order valence-electron chi connectivity index (χ1n) is 9.51. The highest BCUT2D eigenvalue weighted by Crippen LogP contribution is 2.28. The van der Waals surface area contributed by atoms with E-state index >= 15 is 0 Å². The summed E-state index contributed by atoms with van der Waals surface area (Å²) in [5, 5.41) is 83.4. The molecule has 0 unspecified atom stereocenters. The minimum Gasteiger partial charge on any atom is -0.394 e. The average Bonchev–Trinajstić information content (AvgIpc) is 3.18. The van der Waals surface area contributed by atoms with E-state index in [1.807, 2.05) is 0 Å². The molecule has 0 aliphatic carbocycles. The Morgan fingerprint density at radius 2 is 1.13 bits per heavy atom. The summed E-state index contributed by atoms with van der Waals surface area (Å²) in [6.07, 6.45) is -12.7. The summed E-state index contributed by atoms with van der Waals surface area (Å²) < 4.78 is 10.8. The van der Waals surface area contributed by atoms with Crippen molar-refractivity contribution in [1.29, 1.82) is 0 Å². The van der Waals surface area contributed by atoms with Crippen molar-refractivity contribution in [2.24, 2.45) is 0 Å². The number of benzene rings is 1. The first-order valence-corrected chi connectivity index (χ1v) is 9.51. The Morgan fingerprint density at radius 1 is 0.733 bits per heavy atom. The Hall–Kier alpha value is -1.58. The van der Waals surface area contributed by atoms with Crippen molar-refractivity contribution in [3.05, 3.63) is 24.3 Å². The molecule has 0 spiro atoms. The maximum Gasteiger partial charge on any atom is 0.157 e. The molecule has 3 rings (SSSR count). The molecule has 1 aromatic rings. The first kappa shape index (κ1) is 23.1. The summed E-state index contributed by atoms with van der Waals surface area (Å²) >= 11 is 0. The lowest BCUT2D eigenvalue weighted by Gasteiger charge is -2.21. The third kappa shape index (κ3) is 4.68. The van der Waals surface area contributed by atoms with Crippen LogP contribution in [0, 0.1) is 0 Å². The molecule has 0 radical (unpaired) electrons. The van der Waals surface area contributed by atoms with Gasteiger partial charge in [0.25, 0.3) is 0 Å². The van der Waals surface area contributed by atoms with Crippen molar-refractivity contribution in [3.63, 3.8) is 0 Å². The van der Waals surface area contributed by atoms with E-state index < -0.39 is 74.5 Å². The Morgan fingerprint density at radius 3 is 1.50 bits per heavy atom. The van der Waals surface area contributed by atoms with Crippen LogP contribution in [0.15, 0.2) is 24.3 Å². The molecule has 1 aromatic carbocycles. The zero-order valence-corrected chi connectivity index (χ0v) is 15.9. The average molecular weight is 432 g/mol. The van der Waals surface area contributed by atoms with Gasteiger partial charge in [0, 0.05) is 11.4 Å². The van der Waals surface area contributed by atoms with Crippen LogP contribution in [0.1, 0.15) is 0 Å². The van der Waals surface area contributed by atoms with Crippen LogP contribution in [-0.2, 0) is 9.47 Å². The second-order valence-corrected chi connectivity index (χ2v) is 7.37. The number of anilines is 2. The van der Waals surface area contributed by atoms with Gasteiger partial charge in [0.15, 0.2) is 12.5 Å². The summed E-state index contributed by atoms with van der Waals surface area (Å²) in [6.45, 7) is -1.27. The topological polar surface area (TPSA) is 204 Å². The number of rotatable bonds is 8. The zero-order chi connectivity index (χ0) is 22.0. The molecule has 2 aliphatic rings. The fourth-order valence-corrected chi connectivity index (χ4v) is 3.52. The van der Waals surface area contributed by atoms with Crippen LogP contribution >= 0.6 is 0 Å². The van der Waals surface area contributed by atoms with E-state index in [1.165, 1.54) is 0 Å². The number of aliphatic hydroxyl groups excluding tert-OH is 8. The normalized spacial score (nSPS) is 38.4. The first-order chi connectivity index (χ1) is 14.3. The second kappa shape index (κ2) is 9.70. The van der Waals surface area contributed by atoms with Crippen molar-refractivity contribution in [2.45, 2.75) is 61.3 Å². The van der Waals surface area contributed by atoms with Crippen LogP contribution in [-0.4, -0.2) is 115 Å². The van der Waals surface area contributed by atoms with Crippen molar-refractivity contribution >= 4 is 11.4 Å².